The van der Waals surface area contributed by atoms with Gasteiger partial charge in [-0.3, -0.25) is 9.48 Å². The van der Waals surface area contributed by atoms with E-state index in [0.717, 1.165) is 0 Å². The lowest BCUT2D eigenvalue weighted by molar-refractivity contribution is 0.102. The number of hydrogen-bond donors (Lipinski definition) is 1. The van der Waals surface area contributed by atoms with Crippen molar-refractivity contribution in [3.63, 3.8) is 0 Å². The van der Waals surface area contributed by atoms with E-state index in [-0.39, 0.29) is 11.8 Å². The number of halogens is 2. The van der Waals surface area contributed by atoms with Gasteiger partial charge < -0.3 is 5.73 Å². The van der Waals surface area contributed by atoms with Gasteiger partial charge in [-0.25, -0.2) is 0 Å². The molecule has 19 heavy (non-hydrogen) atoms. The molecule has 0 fully saturated rings. The minimum Gasteiger partial charge on any atom is -0.398 e. The van der Waals surface area contributed by atoms with E-state index in [0.29, 0.717) is 26.4 Å². The third-order valence-electron chi connectivity index (χ3n) is 2.72. The Morgan fingerprint density at radius 3 is 2.74 bits per heavy atom. The highest BCUT2D eigenvalue weighted by Crippen LogP contribution is 2.25. The van der Waals surface area contributed by atoms with Gasteiger partial charge in [0, 0.05) is 21.8 Å². The van der Waals surface area contributed by atoms with E-state index >= 15 is 0 Å². The van der Waals surface area contributed by atoms with Crippen molar-refractivity contribution in [2.24, 2.45) is 0 Å². The summed E-state index contributed by atoms with van der Waals surface area (Å²) in [6, 6.07) is 5.10. The maximum atomic E-state index is 12.5. The van der Waals surface area contributed by atoms with Gasteiger partial charge in [-0.2, -0.15) is 5.10 Å². The monoisotopic (exact) mass is 341 g/mol. The first-order valence-corrected chi connectivity index (χ1v) is 6.91. The summed E-state index contributed by atoms with van der Waals surface area (Å²) in [6.45, 7) is 3.89. The SMILES string of the molecule is CC(C)n1ncc(Cl)c1C(=O)c1ccc(N)c(Br)c1. The van der Waals surface area contributed by atoms with E-state index in [1.54, 1.807) is 22.9 Å². The van der Waals surface area contributed by atoms with Crippen molar-refractivity contribution in [3.05, 3.63) is 45.1 Å². The highest BCUT2D eigenvalue weighted by Gasteiger charge is 2.21. The minimum atomic E-state index is -0.170. The second kappa shape index (κ2) is 5.35. The van der Waals surface area contributed by atoms with Crippen LogP contribution in [0.1, 0.15) is 35.9 Å². The second-order valence-electron chi connectivity index (χ2n) is 4.44. The van der Waals surface area contributed by atoms with Crippen molar-refractivity contribution in [2.45, 2.75) is 19.9 Å². The number of rotatable bonds is 3. The van der Waals surface area contributed by atoms with Crippen LogP contribution in [-0.2, 0) is 0 Å². The summed E-state index contributed by atoms with van der Waals surface area (Å²) in [5.74, 6) is -0.170. The Hall–Kier alpha value is -1.33. The second-order valence-corrected chi connectivity index (χ2v) is 5.71. The third-order valence-corrected chi connectivity index (χ3v) is 3.68. The molecule has 2 rings (SSSR count). The molecule has 2 N–H and O–H groups in total. The van der Waals surface area contributed by atoms with E-state index in [9.17, 15) is 4.79 Å². The molecule has 0 saturated carbocycles. The van der Waals surface area contributed by atoms with Crippen molar-refractivity contribution in [1.82, 2.24) is 9.78 Å². The largest absolute Gasteiger partial charge is 0.398 e. The molecule has 2 aromatic rings. The Morgan fingerprint density at radius 1 is 1.47 bits per heavy atom. The predicted octanol–water partition coefficient (Wildman–Crippen LogP) is 3.69. The molecule has 0 atom stereocenters. The molecule has 0 radical (unpaired) electrons. The average molecular weight is 343 g/mol. The predicted molar refractivity (Wildman–Crippen MR) is 79.6 cm³/mol. The average Bonchev–Trinajstić information content (AvgIpc) is 2.74. The van der Waals surface area contributed by atoms with Crippen LogP contribution in [0.25, 0.3) is 0 Å². The molecular formula is C13H13BrClN3O. The summed E-state index contributed by atoms with van der Waals surface area (Å²) in [7, 11) is 0. The molecule has 1 aromatic heterocycles. The standard InChI is InChI=1S/C13H13BrClN3O/c1-7(2)18-12(10(15)6-17-18)13(19)8-3-4-11(16)9(14)5-8/h3-7H,16H2,1-2H3. The normalized spacial score (nSPS) is 11.0. The zero-order chi connectivity index (χ0) is 14.2. The van der Waals surface area contributed by atoms with E-state index in [1.165, 1.54) is 6.20 Å². The molecular weight excluding hydrogens is 330 g/mol. The summed E-state index contributed by atoms with van der Waals surface area (Å²) >= 11 is 9.38. The Bertz CT molecular complexity index is 637. The molecule has 0 amide bonds. The van der Waals surface area contributed by atoms with Gasteiger partial charge in [-0.15, -0.1) is 0 Å². The molecule has 1 aromatic carbocycles. The Balaban J connectivity index is 2.49. The van der Waals surface area contributed by atoms with Crippen molar-refractivity contribution in [2.75, 3.05) is 5.73 Å². The maximum absolute atomic E-state index is 12.5. The van der Waals surface area contributed by atoms with Crippen LogP contribution in [0.15, 0.2) is 28.9 Å². The van der Waals surface area contributed by atoms with Crippen molar-refractivity contribution < 1.29 is 4.79 Å². The van der Waals surface area contributed by atoms with Gasteiger partial charge >= 0.3 is 0 Å². The summed E-state index contributed by atoms with van der Waals surface area (Å²) in [5, 5.41) is 4.48. The maximum Gasteiger partial charge on any atom is 0.212 e. The number of carbonyl (C=O) groups is 1. The van der Waals surface area contributed by atoms with Crippen LogP contribution in [0.3, 0.4) is 0 Å². The number of ketones is 1. The van der Waals surface area contributed by atoms with Crippen LogP contribution in [0.2, 0.25) is 5.02 Å². The van der Waals surface area contributed by atoms with Crippen LogP contribution in [0.5, 0.6) is 0 Å². The first kappa shape index (κ1) is 14.1. The van der Waals surface area contributed by atoms with Gasteiger partial charge in [-0.1, -0.05) is 11.6 Å². The number of hydrogen-bond acceptors (Lipinski definition) is 3. The molecule has 4 nitrogen and oxygen atoms in total. The van der Waals surface area contributed by atoms with E-state index in [2.05, 4.69) is 21.0 Å². The fraction of sp³-hybridized carbons (Fsp3) is 0.231. The zero-order valence-electron chi connectivity index (χ0n) is 10.5. The topological polar surface area (TPSA) is 60.9 Å². The van der Waals surface area contributed by atoms with Gasteiger partial charge in [0.25, 0.3) is 0 Å². The molecule has 0 unspecified atom stereocenters. The minimum absolute atomic E-state index is 0.0590. The molecule has 0 bridgehead atoms. The first-order chi connectivity index (χ1) is 8.91. The van der Waals surface area contributed by atoms with Crippen molar-refractivity contribution in [3.8, 4) is 0 Å². The Morgan fingerprint density at radius 2 is 2.16 bits per heavy atom. The molecule has 0 aliphatic heterocycles. The van der Waals surface area contributed by atoms with Crippen molar-refractivity contribution >= 4 is 39.0 Å². The van der Waals surface area contributed by atoms with Gasteiger partial charge in [0.05, 0.1) is 11.2 Å². The van der Waals surface area contributed by atoms with Crippen LogP contribution >= 0.6 is 27.5 Å². The van der Waals surface area contributed by atoms with E-state index in [4.69, 9.17) is 17.3 Å². The number of aromatic nitrogens is 2. The molecule has 0 aliphatic carbocycles. The lowest BCUT2D eigenvalue weighted by Crippen LogP contribution is -2.14. The molecule has 100 valence electrons. The van der Waals surface area contributed by atoms with Crippen LogP contribution in [-0.4, -0.2) is 15.6 Å². The van der Waals surface area contributed by atoms with E-state index < -0.39 is 0 Å². The van der Waals surface area contributed by atoms with Crippen molar-refractivity contribution in [1.29, 1.82) is 0 Å². The number of carbonyl (C=O) groups excluding carboxylic acids is 1. The van der Waals surface area contributed by atoms with E-state index in [1.807, 2.05) is 13.8 Å². The number of nitrogens with zero attached hydrogens (tertiary/aromatic N) is 2. The molecule has 0 saturated heterocycles. The van der Waals surface area contributed by atoms with Gasteiger partial charge in [0.1, 0.15) is 5.69 Å². The molecule has 0 spiro atoms. The molecule has 6 heteroatoms. The summed E-state index contributed by atoms with van der Waals surface area (Å²) in [6.07, 6.45) is 1.49. The Kier molecular flexibility index (Phi) is 3.96. The molecule has 1 heterocycles. The number of nitrogen functional groups attached to an aromatic ring is 1. The van der Waals surface area contributed by atoms with Gasteiger partial charge in [0.2, 0.25) is 5.78 Å². The Labute approximate surface area is 124 Å². The third kappa shape index (κ3) is 2.67. The highest BCUT2D eigenvalue weighted by molar-refractivity contribution is 9.10. The van der Waals surface area contributed by atoms with Gasteiger partial charge in [-0.05, 0) is 48.0 Å². The summed E-state index contributed by atoms with van der Waals surface area (Å²) in [5.41, 5.74) is 7.21. The fourth-order valence-corrected chi connectivity index (χ4v) is 2.35. The highest BCUT2D eigenvalue weighted by atomic mass is 79.9. The summed E-state index contributed by atoms with van der Waals surface area (Å²) in [4.78, 5) is 12.5. The number of nitrogens with two attached hydrogens (primary N) is 1. The molecule has 0 aliphatic rings. The lowest BCUT2D eigenvalue weighted by Gasteiger charge is -2.11. The van der Waals surface area contributed by atoms with Crippen LogP contribution in [0.4, 0.5) is 5.69 Å². The number of benzene rings is 1. The zero-order valence-corrected chi connectivity index (χ0v) is 12.9. The fourth-order valence-electron chi connectivity index (χ4n) is 1.75. The first-order valence-electron chi connectivity index (χ1n) is 5.74. The number of anilines is 1. The van der Waals surface area contributed by atoms with Crippen LogP contribution < -0.4 is 5.73 Å². The lowest BCUT2D eigenvalue weighted by atomic mass is 10.1. The van der Waals surface area contributed by atoms with Crippen LogP contribution in [0, 0.1) is 0 Å². The smallest absolute Gasteiger partial charge is 0.212 e. The van der Waals surface area contributed by atoms with Gasteiger partial charge in [0.15, 0.2) is 0 Å². The quantitative estimate of drug-likeness (QED) is 0.683. The summed E-state index contributed by atoms with van der Waals surface area (Å²) < 4.78 is 2.31.